The van der Waals surface area contributed by atoms with Gasteiger partial charge in [0.15, 0.2) is 0 Å². The van der Waals surface area contributed by atoms with Gasteiger partial charge in [0.1, 0.15) is 0 Å². The minimum Gasteiger partial charge on any atom is -0.335 e. The molecule has 1 aromatic rings. The Hall–Kier alpha value is -1.55. The summed E-state index contributed by atoms with van der Waals surface area (Å²) in [7, 11) is 4.10. The third-order valence-corrected chi connectivity index (χ3v) is 4.69. The van der Waals surface area contributed by atoms with Crippen LogP contribution in [0.4, 0.5) is 4.79 Å². The molecule has 2 rings (SSSR count). The number of hydrogen-bond acceptors (Lipinski definition) is 2. The van der Waals surface area contributed by atoms with Crippen molar-refractivity contribution in [3.63, 3.8) is 0 Å². The van der Waals surface area contributed by atoms with Crippen LogP contribution in [-0.4, -0.2) is 43.7 Å². The highest BCUT2D eigenvalue weighted by molar-refractivity contribution is 5.74. The maximum absolute atomic E-state index is 12.5. The maximum Gasteiger partial charge on any atom is 0.315 e. The van der Waals surface area contributed by atoms with Crippen molar-refractivity contribution in [2.75, 3.05) is 20.6 Å². The van der Waals surface area contributed by atoms with E-state index in [1.165, 1.54) is 37.7 Å². The van der Waals surface area contributed by atoms with Crippen molar-refractivity contribution in [2.45, 2.75) is 63.5 Å². The van der Waals surface area contributed by atoms with Crippen molar-refractivity contribution >= 4 is 6.03 Å². The normalized spacial score (nSPS) is 17.8. The predicted molar refractivity (Wildman–Crippen MR) is 100 cm³/mol. The largest absolute Gasteiger partial charge is 0.335 e. The van der Waals surface area contributed by atoms with Gasteiger partial charge < -0.3 is 15.5 Å². The molecule has 1 saturated carbocycles. The molecule has 0 bridgehead atoms. The zero-order chi connectivity index (χ0) is 17.2. The second-order valence-electron chi connectivity index (χ2n) is 7.31. The van der Waals surface area contributed by atoms with Crippen molar-refractivity contribution in [2.24, 2.45) is 0 Å². The number of nitrogens with zero attached hydrogens (tertiary/aromatic N) is 1. The number of carbonyl (C=O) groups is 1. The lowest BCUT2D eigenvalue weighted by molar-refractivity contribution is 0.225. The van der Waals surface area contributed by atoms with Gasteiger partial charge in [-0.1, -0.05) is 62.4 Å². The second-order valence-corrected chi connectivity index (χ2v) is 7.31. The van der Waals surface area contributed by atoms with E-state index < -0.39 is 0 Å². The highest BCUT2D eigenvalue weighted by Crippen LogP contribution is 2.17. The molecule has 0 aromatic heterocycles. The molecular weight excluding hydrogens is 298 g/mol. The standard InChI is InChI=1S/C20H33N3O/c1-23(2)16-19(15-17-11-7-6-8-12-17)22-20(24)21-18-13-9-4-3-5-10-14-18/h6-8,11-12,18-19H,3-5,9-10,13-16H2,1-2H3,(H2,21,22,24). The molecule has 2 amide bonds. The quantitative estimate of drug-likeness (QED) is 0.837. The molecule has 4 nitrogen and oxygen atoms in total. The van der Waals surface area contributed by atoms with Crippen LogP contribution in [0.15, 0.2) is 30.3 Å². The van der Waals surface area contributed by atoms with E-state index in [1.54, 1.807) is 0 Å². The lowest BCUT2D eigenvalue weighted by Gasteiger charge is -2.26. The lowest BCUT2D eigenvalue weighted by Crippen LogP contribution is -2.50. The monoisotopic (exact) mass is 331 g/mol. The first-order valence-electron chi connectivity index (χ1n) is 9.39. The van der Waals surface area contributed by atoms with E-state index in [-0.39, 0.29) is 12.1 Å². The van der Waals surface area contributed by atoms with Crippen LogP contribution in [0, 0.1) is 0 Å². The zero-order valence-electron chi connectivity index (χ0n) is 15.3. The SMILES string of the molecule is CN(C)CC(Cc1ccccc1)NC(=O)NC1CCCCCCC1. The number of nitrogens with one attached hydrogen (secondary N) is 2. The van der Waals surface area contributed by atoms with Crippen molar-refractivity contribution in [1.29, 1.82) is 0 Å². The van der Waals surface area contributed by atoms with Crippen molar-refractivity contribution in [1.82, 2.24) is 15.5 Å². The van der Waals surface area contributed by atoms with Crippen LogP contribution < -0.4 is 10.6 Å². The number of urea groups is 1. The van der Waals surface area contributed by atoms with E-state index >= 15 is 0 Å². The number of amides is 2. The van der Waals surface area contributed by atoms with Crippen molar-refractivity contribution in [3.8, 4) is 0 Å². The Kier molecular flexibility index (Phi) is 8.10. The maximum atomic E-state index is 12.5. The lowest BCUT2D eigenvalue weighted by atomic mass is 9.97. The molecule has 4 heteroatoms. The molecule has 1 atom stereocenters. The van der Waals surface area contributed by atoms with E-state index in [1.807, 2.05) is 20.2 Å². The average Bonchev–Trinajstić information content (AvgIpc) is 2.50. The highest BCUT2D eigenvalue weighted by Gasteiger charge is 2.18. The number of rotatable bonds is 6. The van der Waals surface area contributed by atoms with Crippen molar-refractivity contribution in [3.05, 3.63) is 35.9 Å². The summed E-state index contributed by atoms with van der Waals surface area (Å²) in [5.41, 5.74) is 1.26. The Bertz CT molecular complexity index is 467. The molecule has 1 aliphatic carbocycles. The number of likely N-dealkylation sites (N-methyl/N-ethyl adjacent to an activating group) is 1. The summed E-state index contributed by atoms with van der Waals surface area (Å²) in [5, 5.41) is 6.40. The van der Waals surface area contributed by atoms with E-state index in [0.29, 0.717) is 6.04 Å². The van der Waals surface area contributed by atoms with Gasteiger partial charge in [-0.2, -0.15) is 0 Å². The van der Waals surface area contributed by atoms with Gasteiger partial charge in [0.05, 0.1) is 0 Å². The summed E-state index contributed by atoms with van der Waals surface area (Å²) < 4.78 is 0. The first-order valence-corrected chi connectivity index (χ1v) is 9.39. The Morgan fingerprint density at radius 1 is 1.08 bits per heavy atom. The number of hydrogen-bond donors (Lipinski definition) is 2. The zero-order valence-corrected chi connectivity index (χ0v) is 15.3. The van der Waals surface area contributed by atoms with Crippen LogP contribution in [0.3, 0.4) is 0 Å². The summed E-state index contributed by atoms with van der Waals surface area (Å²) in [6, 6.07) is 10.8. The predicted octanol–water partition coefficient (Wildman–Crippen LogP) is 3.57. The molecule has 1 fully saturated rings. The van der Waals surface area contributed by atoms with Gasteiger partial charge in [0.25, 0.3) is 0 Å². The third kappa shape index (κ3) is 7.35. The highest BCUT2D eigenvalue weighted by atomic mass is 16.2. The fourth-order valence-corrected chi connectivity index (χ4v) is 3.51. The molecule has 1 aliphatic rings. The summed E-state index contributed by atoms with van der Waals surface area (Å²) in [6.45, 7) is 0.840. The van der Waals surface area contributed by atoms with Gasteiger partial charge in [-0.3, -0.25) is 0 Å². The van der Waals surface area contributed by atoms with Crippen molar-refractivity contribution < 1.29 is 4.79 Å². The van der Waals surface area contributed by atoms with E-state index in [2.05, 4.69) is 39.8 Å². The van der Waals surface area contributed by atoms with Crippen LogP contribution in [0.25, 0.3) is 0 Å². The Balaban J connectivity index is 1.86. The molecule has 0 spiro atoms. The van der Waals surface area contributed by atoms with Gasteiger partial charge in [-0.05, 0) is 38.9 Å². The smallest absolute Gasteiger partial charge is 0.315 e. The molecule has 1 unspecified atom stereocenters. The van der Waals surface area contributed by atoms with Gasteiger partial charge in [-0.25, -0.2) is 4.79 Å². The van der Waals surface area contributed by atoms with Crippen LogP contribution in [-0.2, 0) is 6.42 Å². The van der Waals surface area contributed by atoms with Crippen LogP contribution in [0.5, 0.6) is 0 Å². The molecule has 0 heterocycles. The molecule has 0 radical (unpaired) electrons. The molecule has 24 heavy (non-hydrogen) atoms. The van der Waals surface area contributed by atoms with E-state index in [0.717, 1.165) is 25.8 Å². The first kappa shape index (κ1) is 18.8. The van der Waals surface area contributed by atoms with E-state index in [9.17, 15) is 4.79 Å². The molecule has 1 aromatic carbocycles. The molecule has 134 valence electrons. The molecule has 0 saturated heterocycles. The fourth-order valence-electron chi connectivity index (χ4n) is 3.51. The molecule has 2 N–H and O–H groups in total. The summed E-state index contributed by atoms with van der Waals surface area (Å²) in [4.78, 5) is 14.6. The summed E-state index contributed by atoms with van der Waals surface area (Å²) in [6.07, 6.45) is 9.51. The van der Waals surface area contributed by atoms with Gasteiger partial charge in [0.2, 0.25) is 0 Å². The minimum atomic E-state index is -0.0108. The molecule has 0 aliphatic heterocycles. The van der Waals surface area contributed by atoms with Crippen LogP contribution in [0.1, 0.15) is 50.5 Å². The fraction of sp³-hybridized carbons (Fsp3) is 0.650. The summed E-state index contributed by atoms with van der Waals surface area (Å²) >= 11 is 0. The average molecular weight is 332 g/mol. The van der Waals surface area contributed by atoms with Crippen LogP contribution in [0.2, 0.25) is 0 Å². The van der Waals surface area contributed by atoms with Crippen LogP contribution >= 0.6 is 0 Å². The van der Waals surface area contributed by atoms with E-state index in [4.69, 9.17) is 0 Å². The number of carbonyl (C=O) groups excluding carboxylic acids is 1. The Labute approximate surface area is 147 Å². The van der Waals surface area contributed by atoms with Gasteiger partial charge >= 0.3 is 6.03 Å². The Morgan fingerprint density at radius 2 is 1.71 bits per heavy atom. The second kappa shape index (κ2) is 10.3. The third-order valence-electron chi connectivity index (χ3n) is 4.69. The topological polar surface area (TPSA) is 44.4 Å². The molecular formula is C20H33N3O. The number of benzene rings is 1. The van der Waals surface area contributed by atoms with Gasteiger partial charge in [-0.15, -0.1) is 0 Å². The first-order chi connectivity index (χ1) is 11.6. The van der Waals surface area contributed by atoms with Gasteiger partial charge in [0, 0.05) is 18.6 Å². The minimum absolute atomic E-state index is 0.0108. The Morgan fingerprint density at radius 3 is 2.33 bits per heavy atom. The summed E-state index contributed by atoms with van der Waals surface area (Å²) in [5.74, 6) is 0.